The number of aryl methyl sites for hydroxylation is 2. The molecule has 2 rings (SSSR count). The number of halogens is 1. The van der Waals surface area contributed by atoms with Crippen molar-refractivity contribution in [2.45, 2.75) is 25.3 Å². The molecule has 2 heterocycles. The summed E-state index contributed by atoms with van der Waals surface area (Å²) in [5.74, 6) is 0.193. The van der Waals surface area contributed by atoms with Gasteiger partial charge in [0.15, 0.2) is 9.84 Å². The first-order chi connectivity index (χ1) is 7.72. The van der Waals surface area contributed by atoms with E-state index in [0.717, 1.165) is 11.4 Å². The normalized spacial score (nSPS) is 27.5. The molecule has 1 fully saturated rings. The van der Waals surface area contributed by atoms with Crippen molar-refractivity contribution in [2.75, 3.05) is 11.5 Å². The molecule has 1 aromatic heterocycles. The number of nitrogens with zero attached hydrogens (tertiary/aromatic N) is 2. The van der Waals surface area contributed by atoms with Crippen molar-refractivity contribution in [2.24, 2.45) is 12.8 Å². The number of nitrogens with two attached hydrogens (primary N) is 1. The molecule has 1 aliphatic rings. The van der Waals surface area contributed by atoms with E-state index in [1.165, 1.54) is 0 Å². The van der Waals surface area contributed by atoms with Gasteiger partial charge in [-0.3, -0.25) is 4.68 Å². The van der Waals surface area contributed by atoms with Gasteiger partial charge < -0.3 is 5.73 Å². The second kappa shape index (κ2) is 3.96. The molecule has 0 spiro atoms. The molecule has 96 valence electrons. The average molecular weight is 278 g/mol. The highest BCUT2D eigenvalue weighted by molar-refractivity contribution is 7.91. The standard InChI is InChI=1S/C10H16ClN3O2S/c1-7-9(11)8(14(2)13-7)5-10(12)3-4-17(15,16)6-10/h3-6,12H2,1-2H3. The lowest BCUT2D eigenvalue weighted by molar-refractivity contribution is 0.460. The Balaban J connectivity index is 2.27. The van der Waals surface area contributed by atoms with Crippen LogP contribution in [0.5, 0.6) is 0 Å². The maximum atomic E-state index is 11.5. The highest BCUT2D eigenvalue weighted by atomic mass is 35.5. The van der Waals surface area contributed by atoms with Crippen LogP contribution < -0.4 is 5.73 Å². The Bertz CT molecular complexity index is 552. The summed E-state index contributed by atoms with van der Waals surface area (Å²) in [7, 11) is -1.20. The summed E-state index contributed by atoms with van der Waals surface area (Å²) in [4.78, 5) is 0. The molecule has 0 bridgehead atoms. The minimum atomic E-state index is -2.99. The van der Waals surface area contributed by atoms with Crippen LogP contribution in [0.3, 0.4) is 0 Å². The predicted molar refractivity (Wildman–Crippen MR) is 66.8 cm³/mol. The lowest BCUT2D eigenvalue weighted by Gasteiger charge is -2.22. The Morgan fingerprint density at radius 1 is 1.59 bits per heavy atom. The second-order valence-corrected chi connectivity index (χ2v) is 7.41. The van der Waals surface area contributed by atoms with E-state index < -0.39 is 15.4 Å². The molecule has 1 aliphatic heterocycles. The number of sulfone groups is 1. The van der Waals surface area contributed by atoms with Crippen molar-refractivity contribution >= 4 is 21.4 Å². The molecule has 1 saturated heterocycles. The molecule has 1 atom stereocenters. The maximum absolute atomic E-state index is 11.5. The van der Waals surface area contributed by atoms with Crippen molar-refractivity contribution in [3.05, 3.63) is 16.4 Å². The number of hydrogen-bond donors (Lipinski definition) is 1. The summed E-state index contributed by atoms with van der Waals surface area (Å²) >= 11 is 6.14. The molecule has 0 amide bonds. The first-order valence-electron chi connectivity index (χ1n) is 5.40. The minimum Gasteiger partial charge on any atom is -0.324 e. The molecule has 7 heteroatoms. The van der Waals surface area contributed by atoms with Crippen LogP contribution in [0, 0.1) is 6.92 Å². The van der Waals surface area contributed by atoms with Gasteiger partial charge in [-0.2, -0.15) is 5.10 Å². The van der Waals surface area contributed by atoms with E-state index in [1.807, 2.05) is 6.92 Å². The topological polar surface area (TPSA) is 78.0 Å². The molecule has 1 unspecified atom stereocenters. The first kappa shape index (κ1) is 12.9. The molecule has 0 saturated carbocycles. The quantitative estimate of drug-likeness (QED) is 0.851. The SMILES string of the molecule is Cc1nn(C)c(CC2(N)CCS(=O)(=O)C2)c1Cl. The third kappa shape index (κ3) is 2.48. The first-order valence-corrected chi connectivity index (χ1v) is 7.60. The smallest absolute Gasteiger partial charge is 0.152 e. The lowest BCUT2D eigenvalue weighted by atomic mass is 9.94. The van der Waals surface area contributed by atoms with E-state index >= 15 is 0 Å². The number of hydrogen-bond acceptors (Lipinski definition) is 4. The summed E-state index contributed by atoms with van der Waals surface area (Å²) in [6, 6.07) is 0. The molecule has 0 aromatic carbocycles. The van der Waals surface area contributed by atoms with E-state index in [2.05, 4.69) is 5.10 Å². The Morgan fingerprint density at radius 3 is 2.65 bits per heavy atom. The summed E-state index contributed by atoms with van der Waals surface area (Å²) in [6.45, 7) is 1.82. The fourth-order valence-corrected chi connectivity index (χ4v) is 4.50. The van der Waals surface area contributed by atoms with Crippen LogP contribution in [0.4, 0.5) is 0 Å². The van der Waals surface area contributed by atoms with Crippen molar-refractivity contribution in [1.29, 1.82) is 0 Å². The molecule has 0 radical (unpaired) electrons. The van der Waals surface area contributed by atoms with Gasteiger partial charge in [0.05, 0.1) is 27.9 Å². The Morgan fingerprint density at radius 2 is 2.24 bits per heavy atom. The van der Waals surface area contributed by atoms with E-state index in [1.54, 1.807) is 11.7 Å². The van der Waals surface area contributed by atoms with Gasteiger partial charge in [-0.15, -0.1) is 0 Å². The van der Waals surface area contributed by atoms with Crippen LogP contribution in [0.15, 0.2) is 0 Å². The van der Waals surface area contributed by atoms with Crippen molar-refractivity contribution in [3.8, 4) is 0 Å². The third-order valence-corrected chi connectivity index (χ3v) is 5.53. The van der Waals surface area contributed by atoms with Gasteiger partial charge in [0.25, 0.3) is 0 Å². The van der Waals surface area contributed by atoms with E-state index in [-0.39, 0.29) is 11.5 Å². The van der Waals surface area contributed by atoms with E-state index in [9.17, 15) is 8.42 Å². The van der Waals surface area contributed by atoms with Crippen LogP contribution in [0.1, 0.15) is 17.8 Å². The van der Waals surface area contributed by atoms with Crippen LogP contribution in [0.2, 0.25) is 5.02 Å². The van der Waals surface area contributed by atoms with Gasteiger partial charge in [-0.25, -0.2) is 8.42 Å². The molecule has 17 heavy (non-hydrogen) atoms. The fourth-order valence-electron chi connectivity index (χ4n) is 2.29. The average Bonchev–Trinajstić information content (AvgIpc) is 2.59. The molecule has 1 aromatic rings. The Kier molecular flexibility index (Phi) is 3.00. The zero-order chi connectivity index (χ0) is 12.8. The van der Waals surface area contributed by atoms with Crippen molar-refractivity contribution in [3.63, 3.8) is 0 Å². The second-order valence-electron chi connectivity index (χ2n) is 4.85. The van der Waals surface area contributed by atoms with Gasteiger partial charge in [0.1, 0.15) is 0 Å². The largest absolute Gasteiger partial charge is 0.324 e. The zero-order valence-electron chi connectivity index (χ0n) is 9.90. The summed E-state index contributed by atoms with van der Waals surface area (Å²) in [6.07, 6.45) is 0.929. The highest BCUT2D eigenvalue weighted by Crippen LogP contribution is 2.29. The Labute approximate surface area is 106 Å². The molecule has 5 nitrogen and oxygen atoms in total. The van der Waals surface area contributed by atoms with Gasteiger partial charge in [-0.05, 0) is 13.3 Å². The van der Waals surface area contributed by atoms with Gasteiger partial charge in [0.2, 0.25) is 0 Å². The monoisotopic (exact) mass is 277 g/mol. The molecular weight excluding hydrogens is 262 g/mol. The number of rotatable bonds is 2. The zero-order valence-corrected chi connectivity index (χ0v) is 11.5. The van der Waals surface area contributed by atoms with Crippen molar-refractivity contribution in [1.82, 2.24) is 9.78 Å². The van der Waals surface area contributed by atoms with Gasteiger partial charge in [0, 0.05) is 19.0 Å². The Hall–Kier alpha value is -0.590. The summed E-state index contributed by atoms with van der Waals surface area (Å²) < 4.78 is 24.6. The molecule has 0 aliphatic carbocycles. The van der Waals surface area contributed by atoms with E-state index in [4.69, 9.17) is 17.3 Å². The van der Waals surface area contributed by atoms with Crippen molar-refractivity contribution < 1.29 is 8.42 Å². The van der Waals surface area contributed by atoms with Crippen LogP contribution in [-0.2, 0) is 23.3 Å². The highest BCUT2D eigenvalue weighted by Gasteiger charge is 2.40. The predicted octanol–water partition coefficient (Wildman–Crippen LogP) is 0.440. The number of aromatic nitrogens is 2. The van der Waals surface area contributed by atoms with Crippen LogP contribution >= 0.6 is 11.6 Å². The van der Waals surface area contributed by atoms with Crippen LogP contribution in [-0.4, -0.2) is 35.2 Å². The third-order valence-electron chi connectivity index (χ3n) is 3.20. The van der Waals surface area contributed by atoms with Crippen LogP contribution in [0.25, 0.3) is 0 Å². The molecule has 2 N–H and O–H groups in total. The molecular formula is C10H16ClN3O2S. The fraction of sp³-hybridized carbons (Fsp3) is 0.700. The van der Waals surface area contributed by atoms with E-state index in [0.29, 0.717) is 17.9 Å². The minimum absolute atomic E-state index is 0.0283. The maximum Gasteiger partial charge on any atom is 0.152 e. The summed E-state index contributed by atoms with van der Waals surface area (Å²) in [5, 5.41) is 4.78. The summed E-state index contributed by atoms with van der Waals surface area (Å²) in [5.41, 5.74) is 6.98. The lowest BCUT2D eigenvalue weighted by Crippen LogP contribution is -2.43. The van der Waals surface area contributed by atoms with Gasteiger partial charge in [-0.1, -0.05) is 11.6 Å². The van der Waals surface area contributed by atoms with Gasteiger partial charge >= 0.3 is 0 Å².